The minimum atomic E-state index is -0.834. The Kier molecular flexibility index (Phi) is 3.37. The molecule has 0 amide bonds. The van der Waals surface area contributed by atoms with E-state index in [-0.39, 0.29) is 0 Å². The van der Waals surface area contributed by atoms with E-state index in [4.69, 9.17) is 9.47 Å². The van der Waals surface area contributed by atoms with Crippen LogP contribution in [0.1, 0.15) is 6.42 Å². The Morgan fingerprint density at radius 3 is 2.55 bits per heavy atom. The zero-order valence-electron chi connectivity index (χ0n) is 6.10. The summed E-state index contributed by atoms with van der Waals surface area (Å²) in [4.78, 5) is 0. The Balaban J connectivity index is 2.69. The molecule has 0 unspecified atom stereocenters. The van der Waals surface area contributed by atoms with Crippen LogP contribution >= 0.6 is 22.6 Å². The predicted octanol–water partition coefficient (Wildman–Crippen LogP) is 1.70. The fourth-order valence-electron chi connectivity index (χ4n) is 0.855. The number of ether oxygens (including phenoxy) is 2. The summed E-state index contributed by atoms with van der Waals surface area (Å²) in [5.41, 5.74) is 0. The van der Waals surface area contributed by atoms with E-state index in [9.17, 15) is 0 Å². The fraction of sp³-hybridized carbons (Fsp3) is 0.500. The van der Waals surface area contributed by atoms with Crippen LogP contribution in [0.3, 0.4) is 0 Å². The largest absolute Gasteiger partial charge is 0.336 e. The summed E-state index contributed by atoms with van der Waals surface area (Å²) in [6.45, 7) is 5.00. The van der Waals surface area contributed by atoms with Gasteiger partial charge in [-0.3, -0.25) is 0 Å². The maximum absolute atomic E-state index is 5.34. The lowest BCUT2D eigenvalue weighted by atomic mass is 10.2. The monoisotopic (exact) mass is 264 g/mol. The molecular formula is C8H9IO2. The molecule has 1 saturated heterocycles. The van der Waals surface area contributed by atoms with E-state index in [1.54, 1.807) is 6.08 Å². The summed E-state index contributed by atoms with van der Waals surface area (Å²) in [5, 5.41) is 0. The van der Waals surface area contributed by atoms with Crippen LogP contribution in [0.4, 0.5) is 0 Å². The zero-order chi connectivity index (χ0) is 8.16. The van der Waals surface area contributed by atoms with Gasteiger partial charge in [0.25, 0.3) is 5.79 Å². The van der Waals surface area contributed by atoms with Crippen molar-refractivity contribution < 1.29 is 9.47 Å². The third kappa shape index (κ3) is 2.19. The lowest BCUT2D eigenvalue weighted by molar-refractivity contribution is -0.198. The molecule has 0 spiro atoms. The van der Waals surface area contributed by atoms with E-state index in [0.29, 0.717) is 13.2 Å². The summed E-state index contributed by atoms with van der Waals surface area (Å²) in [7, 11) is 0. The molecule has 3 heteroatoms. The molecule has 1 rings (SSSR count). The maximum Gasteiger partial charge on any atom is 0.254 e. The molecule has 0 radical (unpaired) electrons. The van der Waals surface area contributed by atoms with E-state index in [2.05, 4.69) is 16.4 Å². The van der Waals surface area contributed by atoms with Crippen molar-refractivity contribution in [1.82, 2.24) is 0 Å². The van der Waals surface area contributed by atoms with Crippen molar-refractivity contribution in [1.29, 1.82) is 0 Å². The molecule has 60 valence electrons. The molecule has 1 aliphatic heterocycles. The van der Waals surface area contributed by atoms with Gasteiger partial charge in [0, 0.05) is 22.6 Å². The van der Waals surface area contributed by atoms with Crippen molar-refractivity contribution in [2.24, 2.45) is 0 Å². The second-order valence-corrected chi connectivity index (χ2v) is 2.68. The lowest BCUT2D eigenvalue weighted by Gasteiger charge is -2.29. The first-order valence-corrected chi connectivity index (χ1v) is 4.45. The van der Waals surface area contributed by atoms with Gasteiger partial charge in [0.05, 0.1) is 13.2 Å². The maximum atomic E-state index is 5.34. The Morgan fingerprint density at radius 1 is 1.45 bits per heavy atom. The molecule has 11 heavy (non-hydrogen) atoms. The minimum absolute atomic E-state index is 0.692. The summed E-state index contributed by atoms with van der Waals surface area (Å²) in [6, 6.07) is 0. The van der Waals surface area contributed by atoms with Crippen molar-refractivity contribution in [2.75, 3.05) is 13.2 Å². The predicted molar refractivity (Wildman–Crippen MR) is 51.2 cm³/mol. The molecule has 0 bridgehead atoms. The van der Waals surface area contributed by atoms with Gasteiger partial charge in [0.1, 0.15) is 0 Å². The topological polar surface area (TPSA) is 18.5 Å². The Labute approximate surface area is 80.1 Å². The van der Waals surface area contributed by atoms with Gasteiger partial charge in [-0.15, -0.1) is 0 Å². The third-order valence-corrected chi connectivity index (χ3v) is 1.68. The molecule has 1 heterocycles. The van der Waals surface area contributed by atoms with E-state index in [1.807, 2.05) is 22.6 Å². The highest BCUT2D eigenvalue weighted by atomic mass is 127. The van der Waals surface area contributed by atoms with Gasteiger partial charge in [-0.1, -0.05) is 6.58 Å². The van der Waals surface area contributed by atoms with Crippen molar-refractivity contribution >= 4 is 22.6 Å². The average molecular weight is 264 g/mol. The molecule has 0 aromatic rings. The van der Waals surface area contributed by atoms with Crippen LogP contribution in [0.25, 0.3) is 0 Å². The first-order valence-electron chi connectivity index (χ1n) is 3.37. The van der Waals surface area contributed by atoms with Crippen LogP contribution in [-0.2, 0) is 9.47 Å². The minimum Gasteiger partial charge on any atom is -0.336 e. The van der Waals surface area contributed by atoms with E-state index >= 15 is 0 Å². The summed E-state index contributed by atoms with van der Waals surface area (Å²) in [5.74, 6) is 1.99. The Hall–Kier alpha value is -0.0500. The van der Waals surface area contributed by atoms with Crippen LogP contribution in [0.15, 0.2) is 12.7 Å². The normalized spacial score (nSPS) is 21.5. The summed E-state index contributed by atoms with van der Waals surface area (Å²) in [6.07, 6.45) is 2.52. The standard InChI is InChI=1S/C8H9IO2/c1-2-8(4-5-9)10-6-3-7-11-8/h2H,1,3,6-7H2. The van der Waals surface area contributed by atoms with E-state index < -0.39 is 5.79 Å². The quantitative estimate of drug-likeness (QED) is 0.407. The van der Waals surface area contributed by atoms with Crippen LogP contribution in [0.5, 0.6) is 0 Å². The van der Waals surface area contributed by atoms with Crippen molar-refractivity contribution in [3.8, 4) is 9.85 Å². The summed E-state index contributed by atoms with van der Waals surface area (Å²) >= 11 is 1.95. The number of halogens is 1. The van der Waals surface area contributed by atoms with Crippen LogP contribution in [-0.4, -0.2) is 19.0 Å². The van der Waals surface area contributed by atoms with Crippen LogP contribution in [0.2, 0.25) is 0 Å². The first-order chi connectivity index (χ1) is 5.33. The SMILES string of the molecule is C=CC1(C#CI)OCCCO1. The molecular weight excluding hydrogens is 255 g/mol. The highest BCUT2D eigenvalue weighted by molar-refractivity contribution is 14.1. The zero-order valence-corrected chi connectivity index (χ0v) is 8.26. The van der Waals surface area contributed by atoms with Crippen LogP contribution < -0.4 is 0 Å². The summed E-state index contributed by atoms with van der Waals surface area (Å²) < 4.78 is 13.4. The van der Waals surface area contributed by atoms with Crippen molar-refractivity contribution in [3.05, 3.63) is 12.7 Å². The average Bonchev–Trinajstić information content (AvgIpc) is 2.07. The molecule has 0 aliphatic carbocycles. The van der Waals surface area contributed by atoms with Crippen LogP contribution in [0, 0.1) is 9.85 Å². The molecule has 0 aromatic carbocycles. The van der Waals surface area contributed by atoms with Crippen molar-refractivity contribution in [3.63, 3.8) is 0 Å². The second kappa shape index (κ2) is 4.10. The molecule has 1 fully saturated rings. The molecule has 0 aromatic heterocycles. The van der Waals surface area contributed by atoms with Gasteiger partial charge in [0.2, 0.25) is 0 Å². The first kappa shape index (κ1) is 9.04. The highest BCUT2D eigenvalue weighted by Crippen LogP contribution is 2.18. The van der Waals surface area contributed by atoms with Gasteiger partial charge >= 0.3 is 0 Å². The Morgan fingerprint density at radius 2 is 2.09 bits per heavy atom. The number of rotatable bonds is 1. The molecule has 0 atom stereocenters. The highest BCUT2D eigenvalue weighted by Gasteiger charge is 2.28. The van der Waals surface area contributed by atoms with Gasteiger partial charge < -0.3 is 9.47 Å². The van der Waals surface area contributed by atoms with Crippen molar-refractivity contribution in [2.45, 2.75) is 12.2 Å². The van der Waals surface area contributed by atoms with Gasteiger partial charge in [-0.2, -0.15) is 0 Å². The number of hydrogen-bond acceptors (Lipinski definition) is 2. The molecule has 0 N–H and O–H groups in total. The second-order valence-electron chi connectivity index (χ2n) is 2.14. The van der Waals surface area contributed by atoms with E-state index in [1.165, 1.54) is 0 Å². The smallest absolute Gasteiger partial charge is 0.254 e. The van der Waals surface area contributed by atoms with Gasteiger partial charge in [-0.05, 0) is 22.3 Å². The molecule has 1 aliphatic rings. The van der Waals surface area contributed by atoms with Gasteiger partial charge in [0.15, 0.2) is 0 Å². The molecule has 0 saturated carbocycles. The molecule has 2 nitrogen and oxygen atoms in total. The van der Waals surface area contributed by atoms with Gasteiger partial charge in [-0.25, -0.2) is 0 Å². The third-order valence-electron chi connectivity index (χ3n) is 1.41. The fourth-order valence-corrected chi connectivity index (χ4v) is 1.23. The number of hydrogen-bond donors (Lipinski definition) is 0. The van der Waals surface area contributed by atoms with E-state index in [0.717, 1.165) is 6.42 Å². The lowest BCUT2D eigenvalue weighted by Crippen LogP contribution is -2.36. The Bertz CT molecular complexity index is 196.